The van der Waals surface area contributed by atoms with Gasteiger partial charge in [-0.1, -0.05) is 91.0 Å². The molecule has 3 heterocycles. The van der Waals surface area contributed by atoms with Crippen molar-refractivity contribution >= 4 is 22.2 Å². The van der Waals surface area contributed by atoms with Crippen molar-refractivity contribution in [2.45, 2.75) is 6.17 Å². The summed E-state index contributed by atoms with van der Waals surface area (Å²) in [5.74, 6) is 0. The van der Waals surface area contributed by atoms with Crippen molar-refractivity contribution in [2.24, 2.45) is 4.99 Å². The van der Waals surface area contributed by atoms with Crippen LogP contribution in [0.5, 0.6) is 0 Å². The Kier molecular flexibility index (Phi) is 6.50. The van der Waals surface area contributed by atoms with Gasteiger partial charge in [0.25, 0.3) is 0 Å². The van der Waals surface area contributed by atoms with E-state index in [9.17, 15) is 0 Å². The summed E-state index contributed by atoms with van der Waals surface area (Å²) in [4.78, 5) is 14.3. The topological polar surface area (TPSA) is 50.2 Å². The summed E-state index contributed by atoms with van der Waals surface area (Å²) in [6, 6.07) is 47.0. The highest BCUT2D eigenvalue weighted by Gasteiger charge is 2.25. The second kappa shape index (κ2) is 11.1. The van der Waals surface area contributed by atoms with Crippen LogP contribution in [0.25, 0.3) is 44.2 Å². The molecule has 1 atom stereocenters. The van der Waals surface area contributed by atoms with E-state index in [1.165, 1.54) is 21.9 Å². The monoisotopic (exact) mass is 564 g/mol. The number of pyridine rings is 2. The smallest absolute Gasteiger partial charge is 0.145 e. The minimum absolute atomic E-state index is 0.300. The molecule has 4 heteroatoms. The largest absolute Gasteiger partial charge is 0.359 e. The Balaban J connectivity index is 1.33. The highest BCUT2D eigenvalue weighted by atomic mass is 15.1. The summed E-state index contributed by atoms with van der Waals surface area (Å²) in [5, 5.41) is 6.16. The molecule has 208 valence electrons. The van der Waals surface area contributed by atoms with Crippen molar-refractivity contribution < 1.29 is 0 Å². The maximum Gasteiger partial charge on any atom is 0.145 e. The van der Waals surface area contributed by atoms with Crippen LogP contribution < -0.4 is 5.32 Å². The number of fused-ring (bicyclic) bond motifs is 3. The molecule has 8 rings (SSSR count). The quantitative estimate of drug-likeness (QED) is 0.226. The van der Waals surface area contributed by atoms with E-state index in [-0.39, 0.29) is 6.17 Å². The van der Waals surface area contributed by atoms with Crippen LogP contribution in [0.2, 0.25) is 0 Å². The lowest BCUT2D eigenvalue weighted by atomic mass is 9.90. The number of benzene rings is 5. The molecule has 0 bridgehead atoms. The molecule has 1 aliphatic heterocycles. The lowest BCUT2D eigenvalue weighted by molar-refractivity contribution is 0.830. The van der Waals surface area contributed by atoms with Crippen LogP contribution in [0, 0.1) is 0 Å². The van der Waals surface area contributed by atoms with Crippen molar-refractivity contribution in [2.75, 3.05) is 5.32 Å². The van der Waals surface area contributed by atoms with Crippen LogP contribution >= 0.6 is 0 Å². The summed E-state index contributed by atoms with van der Waals surface area (Å²) in [6.07, 6.45) is 7.13. The van der Waals surface area contributed by atoms with E-state index in [0.29, 0.717) is 0 Å². The van der Waals surface area contributed by atoms with Crippen molar-refractivity contribution in [3.05, 3.63) is 175 Å². The number of nitrogens with one attached hydrogen (secondary N) is 1. The molecule has 1 unspecified atom stereocenters. The van der Waals surface area contributed by atoms with Crippen molar-refractivity contribution in [1.29, 1.82) is 0 Å². The van der Waals surface area contributed by atoms with E-state index in [0.717, 1.165) is 50.3 Å². The fourth-order valence-corrected chi connectivity index (χ4v) is 6.08. The Bertz CT molecular complexity index is 2080. The normalized spacial score (nSPS) is 14.0. The van der Waals surface area contributed by atoms with Crippen LogP contribution in [0.1, 0.15) is 22.9 Å². The minimum atomic E-state index is -0.300. The zero-order valence-corrected chi connectivity index (χ0v) is 23.9. The first-order valence-electron chi connectivity index (χ1n) is 14.8. The molecule has 0 saturated heterocycles. The number of hydrogen-bond acceptors (Lipinski definition) is 4. The van der Waals surface area contributed by atoms with Crippen LogP contribution in [-0.2, 0) is 0 Å². The Morgan fingerprint density at radius 1 is 0.477 bits per heavy atom. The number of hydrogen-bond donors (Lipinski definition) is 1. The molecular formula is C40H28N4. The Hall–Kier alpha value is -5.87. The molecule has 0 radical (unpaired) electrons. The van der Waals surface area contributed by atoms with E-state index in [1.807, 2.05) is 24.5 Å². The molecule has 5 aromatic carbocycles. The maximum atomic E-state index is 5.49. The highest BCUT2D eigenvalue weighted by Crippen LogP contribution is 2.39. The molecule has 4 nitrogen and oxygen atoms in total. The third-order valence-electron chi connectivity index (χ3n) is 8.22. The average molecular weight is 565 g/mol. The van der Waals surface area contributed by atoms with Gasteiger partial charge in [-0.25, -0.2) is 0 Å². The van der Waals surface area contributed by atoms with E-state index in [2.05, 4.69) is 137 Å². The minimum Gasteiger partial charge on any atom is -0.359 e. The van der Waals surface area contributed by atoms with Gasteiger partial charge in [0.2, 0.25) is 0 Å². The van der Waals surface area contributed by atoms with Gasteiger partial charge in [0, 0.05) is 52.7 Å². The van der Waals surface area contributed by atoms with Gasteiger partial charge in [-0.15, -0.1) is 0 Å². The first-order valence-corrected chi connectivity index (χ1v) is 14.8. The average Bonchev–Trinajstić information content (AvgIpc) is 3.12. The third kappa shape index (κ3) is 4.83. The molecule has 1 N–H and O–H groups in total. The number of aliphatic imine (C=N–C) groups is 1. The Morgan fingerprint density at radius 2 is 1.11 bits per heavy atom. The molecule has 0 aliphatic carbocycles. The number of nitrogens with zero attached hydrogens (tertiary/aromatic N) is 3. The predicted molar refractivity (Wildman–Crippen MR) is 181 cm³/mol. The standard InChI is InChI=1S/C40H28N4/c1-2-9-27(10-3-1)29-12-6-13-30(21-29)39-38-36-16-5-4-11-28(36)17-18-37(38)43-40(44-39)35-23-33(31-14-7-19-41-25-31)22-34(24-35)32-15-8-20-42-26-32/h1-26,40,43H. The van der Waals surface area contributed by atoms with Gasteiger partial charge in [0.05, 0.1) is 5.71 Å². The summed E-state index contributed by atoms with van der Waals surface area (Å²) in [5.41, 5.74) is 12.0. The van der Waals surface area contributed by atoms with Crippen molar-refractivity contribution in [3.8, 4) is 33.4 Å². The molecule has 0 saturated carbocycles. The Labute approximate surface area is 256 Å². The van der Waals surface area contributed by atoms with E-state index >= 15 is 0 Å². The molecular weight excluding hydrogens is 536 g/mol. The van der Waals surface area contributed by atoms with Gasteiger partial charge in [0.15, 0.2) is 0 Å². The summed E-state index contributed by atoms with van der Waals surface area (Å²) < 4.78 is 0. The van der Waals surface area contributed by atoms with Gasteiger partial charge in [0.1, 0.15) is 6.17 Å². The SMILES string of the molecule is c1ccc(-c2cccc(C3=NC(c4cc(-c5cccnc5)cc(-c5cccnc5)c4)Nc4ccc5ccccc5c43)c2)cc1. The van der Waals surface area contributed by atoms with E-state index < -0.39 is 0 Å². The fraction of sp³-hybridized carbons (Fsp3) is 0.0250. The lowest BCUT2D eigenvalue weighted by Crippen LogP contribution is -2.21. The zero-order valence-electron chi connectivity index (χ0n) is 23.9. The predicted octanol–water partition coefficient (Wildman–Crippen LogP) is 9.59. The van der Waals surface area contributed by atoms with Crippen LogP contribution in [0.15, 0.2) is 163 Å². The van der Waals surface area contributed by atoms with Gasteiger partial charge < -0.3 is 5.32 Å². The second-order valence-electron chi connectivity index (χ2n) is 11.0. The summed E-state index contributed by atoms with van der Waals surface area (Å²) in [7, 11) is 0. The van der Waals surface area contributed by atoms with Gasteiger partial charge in [-0.2, -0.15) is 0 Å². The van der Waals surface area contributed by atoms with Crippen LogP contribution in [0.4, 0.5) is 5.69 Å². The van der Waals surface area contributed by atoms with Gasteiger partial charge in [-0.3, -0.25) is 15.0 Å². The molecule has 0 amide bonds. The van der Waals surface area contributed by atoms with Gasteiger partial charge >= 0.3 is 0 Å². The molecule has 1 aliphatic rings. The van der Waals surface area contributed by atoms with Crippen molar-refractivity contribution in [3.63, 3.8) is 0 Å². The maximum absolute atomic E-state index is 5.49. The zero-order chi connectivity index (χ0) is 29.3. The fourth-order valence-electron chi connectivity index (χ4n) is 6.08. The number of anilines is 1. The van der Waals surface area contributed by atoms with E-state index in [1.54, 1.807) is 12.4 Å². The van der Waals surface area contributed by atoms with Crippen LogP contribution in [0.3, 0.4) is 0 Å². The number of rotatable bonds is 5. The first-order chi connectivity index (χ1) is 21.8. The number of aromatic nitrogens is 2. The third-order valence-corrected chi connectivity index (χ3v) is 8.22. The van der Waals surface area contributed by atoms with E-state index in [4.69, 9.17) is 4.99 Å². The molecule has 2 aromatic heterocycles. The summed E-state index contributed by atoms with van der Waals surface area (Å²) in [6.45, 7) is 0. The first kappa shape index (κ1) is 25.8. The van der Waals surface area contributed by atoms with Gasteiger partial charge in [-0.05, 0) is 81.1 Å². The molecule has 44 heavy (non-hydrogen) atoms. The molecule has 7 aromatic rings. The van der Waals surface area contributed by atoms with Crippen molar-refractivity contribution in [1.82, 2.24) is 9.97 Å². The highest BCUT2D eigenvalue weighted by molar-refractivity contribution is 6.23. The molecule has 0 spiro atoms. The summed E-state index contributed by atoms with van der Waals surface area (Å²) >= 11 is 0. The molecule has 0 fully saturated rings. The van der Waals surface area contributed by atoms with Crippen LogP contribution in [-0.4, -0.2) is 15.7 Å². The lowest BCUT2D eigenvalue weighted by Gasteiger charge is -2.28. The Morgan fingerprint density at radius 3 is 1.84 bits per heavy atom. The second-order valence-corrected chi connectivity index (χ2v) is 11.0.